The molecule has 2 N–H and O–H groups in total. The lowest BCUT2D eigenvalue weighted by Crippen LogP contribution is -1.88. The number of nitrogens with zero attached hydrogens (tertiary/aromatic N) is 1. The molecule has 12 heavy (non-hydrogen) atoms. The molecule has 0 aliphatic rings. The number of allylic oxidation sites excluding steroid dienone is 1. The van der Waals surface area contributed by atoms with Crippen molar-refractivity contribution >= 4 is 39.3 Å². The minimum Gasteiger partial charge on any atom is -0.397 e. The molecule has 0 atom stereocenters. The zero-order valence-electron chi connectivity index (χ0n) is 6.30. The number of pyridine rings is 1. The third kappa shape index (κ3) is 2.50. The Labute approximate surface area is 84.6 Å². The van der Waals surface area contributed by atoms with Crippen molar-refractivity contribution in [1.29, 1.82) is 0 Å². The summed E-state index contributed by atoms with van der Waals surface area (Å²) in [5.74, 6) is 0. The molecule has 1 heterocycles. The van der Waals surface area contributed by atoms with Crippen molar-refractivity contribution in [1.82, 2.24) is 4.98 Å². The van der Waals surface area contributed by atoms with E-state index in [1.54, 1.807) is 6.07 Å². The SMILES string of the molecule is Nc1cnc(Cl)c(C=CCBr)c1. The summed E-state index contributed by atoms with van der Waals surface area (Å²) in [7, 11) is 0. The minimum atomic E-state index is 0.474. The Bertz CT molecular complexity index is 299. The molecule has 64 valence electrons. The molecule has 0 saturated heterocycles. The molecule has 0 fully saturated rings. The number of nitrogens with two attached hydrogens (primary N) is 1. The van der Waals surface area contributed by atoms with Gasteiger partial charge in [0.15, 0.2) is 0 Å². The lowest BCUT2D eigenvalue weighted by molar-refractivity contribution is 1.32. The van der Waals surface area contributed by atoms with Crippen molar-refractivity contribution in [2.45, 2.75) is 0 Å². The second kappa shape index (κ2) is 4.48. The molecule has 0 radical (unpaired) electrons. The molecule has 0 unspecified atom stereocenters. The normalized spacial score (nSPS) is 10.8. The zero-order chi connectivity index (χ0) is 8.97. The zero-order valence-corrected chi connectivity index (χ0v) is 8.64. The van der Waals surface area contributed by atoms with Gasteiger partial charge in [0, 0.05) is 10.9 Å². The first kappa shape index (κ1) is 9.55. The van der Waals surface area contributed by atoms with Gasteiger partial charge < -0.3 is 5.73 Å². The van der Waals surface area contributed by atoms with E-state index in [-0.39, 0.29) is 0 Å². The summed E-state index contributed by atoms with van der Waals surface area (Å²) in [6, 6.07) is 1.79. The quantitative estimate of drug-likeness (QED) is 0.645. The van der Waals surface area contributed by atoms with E-state index in [9.17, 15) is 0 Å². The molecule has 0 aromatic carbocycles. The molecule has 2 nitrogen and oxygen atoms in total. The average Bonchev–Trinajstić information content (AvgIpc) is 2.07. The van der Waals surface area contributed by atoms with Crippen LogP contribution in [0.3, 0.4) is 0 Å². The Hall–Kier alpha value is -0.540. The van der Waals surface area contributed by atoms with E-state index in [0.717, 1.165) is 10.9 Å². The Morgan fingerprint density at radius 1 is 1.67 bits per heavy atom. The lowest BCUT2D eigenvalue weighted by atomic mass is 10.2. The highest BCUT2D eigenvalue weighted by Gasteiger charge is 1.96. The monoisotopic (exact) mass is 246 g/mol. The van der Waals surface area contributed by atoms with E-state index < -0.39 is 0 Å². The van der Waals surface area contributed by atoms with Gasteiger partial charge in [-0.3, -0.25) is 0 Å². The van der Waals surface area contributed by atoms with Crippen LogP contribution in [0, 0.1) is 0 Å². The lowest BCUT2D eigenvalue weighted by Gasteiger charge is -1.97. The Morgan fingerprint density at radius 3 is 3.08 bits per heavy atom. The number of rotatable bonds is 2. The highest BCUT2D eigenvalue weighted by atomic mass is 79.9. The molecular weight excluding hydrogens is 239 g/mol. The van der Waals surface area contributed by atoms with Gasteiger partial charge in [0.1, 0.15) is 5.15 Å². The highest BCUT2D eigenvalue weighted by Crippen LogP contribution is 2.16. The number of hydrogen-bond acceptors (Lipinski definition) is 2. The molecule has 0 saturated carbocycles. The smallest absolute Gasteiger partial charge is 0.136 e. The maximum atomic E-state index is 5.80. The van der Waals surface area contributed by atoms with Crippen molar-refractivity contribution in [3.8, 4) is 0 Å². The second-order valence-corrected chi connectivity index (χ2v) is 3.21. The first-order chi connectivity index (χ1) is 5.74. The third-order valence-electron chi connectivity index (χ3n) is 1.27. The molecule has 0 aliphatic carbocycles. The third-order valence-corrected chi connectivity index (χ3v) is 1.96. The molecule has 1 rings (SSSR count). The van der Waals surface area contributed by atoms with Crippen molar-refractivity contribution in [3.63, 3.8) is 0 Å². The molecule has 0 aliphatic heterocycles. The number of anilines is 1. The topological polar surface area (TPSA) is 38.9 Å². The van der Waals surface area contributed by atoms with Crippen molar-refractivity contribution in [3.05, 3.63) is 29.1 Å². The summed E-state index contributed by atoms with van der Waals surface area (Å²) in [4.78, 5) is 3.91. The van der Waals surface area contributed by atoms with Crippen molar-refractivity contribution in [2.75, 3.05) is 11.1 Å². The summed E-state index contributed by atoms with van der Waals surface area (Å²) in [5, 5.41) is 1.26. The molecule has 0 amide bonds. The number of halogens is 2. The molecule has 4 heteroatoms. The summed E-state index contributed by atoms with van der Waals surface area (Å²) >= 11 is 9.07. The summed E-state index contributed by atoms with van der Waals surface area (Å²) in [5.41, 5.74) is 7.00. The van der Waals surface area contributed by atoms with Crippen LogP contribution >= 0.6 is 27.5 Å². The number of hydrogen-bond donors (Lipinski definition) is 1. The first-order valence-electron chi connectivity index (χ1n) is 3.37. The van der Waals surface area contributed by atoms with Crippen LogP contribution in [0.5, 0.6) is 0 Å². The largest absolute Gasteiger partial charge is 0.397 e. The van der Waals surface area contributed by atoms with Gasteiger partial charge in [0.2, 0.25) is 0 Å². The molecule has 0 spiro atoms. The van der Waals surface area contributed by atoms with Crippen LogP contribution in [0.25, 0.3) is 6.08 Å². The van der Waals surface area contributed by atoms with Crippen LogP contribution in [0.1, 0.15) is 5.56 Å². The second-order valence-electron chi connectivity index (χ2n) is 2.21. The van der Waals surface area contributed by atoms with Crippen LogP contribution in [-0.2, 0) is 0 Å². The van der Waals surface area contributed by atoms with E-state index in [0.29, 0.717) is 10.8 Å². The van der Waals surface area contributed by atoms with Gasteiger partial charge in [-0.2, -0.15) is 0 Å². The van der Waals surface area contributed by atoms with E-state index in [2.05, 4.69) is 20.9 Å². The van der Waals surface area contributed by atoms with E-state index in [1.165, 1.54) is 6.20 Å². The molecular formula is C8H8BrClN2. The first-order valence-corrected chi connectivity index (χ1v) is 4.87. The van der Waals surface area contributed by atoms with Crippen molar-refractivity contribution < 1.29 is 0 Å². The summed E-state index contributed by atoms with van der Waals surface area (Å²) in [6.45, 7) is 0. The van der Waals surface area contributed by atoms with Gasteiger partial charge >= 0.3 is 0 Å². The minimum absolute atomic E-state index is 0.474. The average molecular weight is 248 g/mol. The number of aromatic nitrogens is 1. The van der Waals surface area contributed by atoms with Crippen molar-refractivity contribution in [2.24, 2.45) is 0 Å². The number of nitrogen functional groups attached to an aromatic ring is 1. The van der Waals surface area contributed by atoms with Gasteiger partial charge in [-0.1, -0.05) is 39.7 Å². The fraction of sp³-hybridized carbons (Fsp3) is 0.125. The molecule has 1 aromatic rings. The van der Waals surface area contributed by atoms with Crippen LogP contribution < -0.4 is 5.73 Å². The van der Waals surface area contributed by atoms with Crippen LogP contribution in [0.15, 0.2) is 18.3 Å². The summed E-state index contributed by atoms with van der Waals surface area (Å²) < 4.78 is 0. The van der Waals surface area contributed by atoms with Gasteiger partial charge in [0.25, 0.3) is 0 Å². The van der Waals surface area contributed by atoms with Gasteiger partial charge in [-0.05, 0) is 6.07 Å². The Balaban J connectivity index is 2.97. The maximum Gasteiger partial charge on any atom is 0.136 e. The van der Waals surface area contributed by atoms with Crippen LogP contribution in [0.2, 0.25) is 5.15 Å². The fourth-order valence-electron chi connectivity index (χ4n) is 0.771. The summed E-state index contributed by atoms with van der Waals surface area (Å²) in [6.07, 6.45) is 5.34. The van der Waals surface area contributed by atoms with E-state index >= 15 is 0 Å². The van der Waals surface area contributed by atoms with Gasteiger partial charge in [0.05, 0.1) is 11.9 Å². The Kier molecular flexibility index (Phi) is 3.56. The maximum absolute atomic E-state index is 5.80. The predicted octanol–water partition coefficient (Wildman–Crippen LogP) is 2.73. The highest BCUT2D eigenvalue weighted by molar-refractivity contribution is 9.09. The fourth-order valence-corrected chi connectivity index (χ4v) is 1.12. The van der Waals surface area contributed by atoms with E-state index in [4.69, 9.17) is 17.3 Å². The van der Waals surface area contributed by atoms with Gasteiger partial charge in [-0.25, -0.2) is 4.98 Å². The molecule has 0 bridgehead atoms. The molecule has 1 aromatic heterocycles. The van der Waals surface area contributed by atoms with Gasteiger partial charge in [-0.15, -0.1) is 0 Å². The number of alkyl halides is 1. The predicted molar refractivity (Wildman–Crippen MR) is 56.5 cm³/mol. The Morgan fingerprint density at radius 2 is 2.42 bits per heavy atom. The van der Waals surface area contributed by atoms with Crippen LogP contribution in [0.4, 0.5) is 5.69 Å². The van der Waals surface area contributed by atoms with E-state index in [1.807, 2.05) is 12.2 Å². The standard InChI is InChI=1S/C8H8BrClN2/c9-3-1-2-6-4-7(11)5-12-8(6)10/h1-2,4-5H,3,11H2. The van der Waals surface area contributed by atoms with Crippen LogP contribution in [-0.4, -0.2) is 10.3 Å².